The van der Waals surface area contributed by atoms with E-state index in [0.29, 0.717) is 33.7 Å². The zero-order chi connectivity index (χ0) is 20.2. The highest BCUT2D eigenvalue weighted by Crippen LogP contribution is 2.33. The van der Waals surface area contributed by atoms with E-state index in [1.165, 1.54) is 13.4 Å². The minimum Gasteiger partial charge on any atom is -0.504 e. The number of aromatic nitrogens is 2. The Bertz CT molecular complexity index is 1170. The van der Waals surface area contributed by atoms with Crippen molar-refractivity contribution in [2.45, 2.75) is 0 Å². The number of fused-ring (bicyclic) bond motifs is 1. The number of anilines is 3. The predicted octanol–water partition coefficient (Wildman–Crippen LogP) is 4.76. The first-order valence-corrected chi connectivity index (χ1v) is 8.89. The molecule has 0 spiro atoms. The number of carbonyl (C=O) groups excluding carboxylic acids is 1. The molecule has 8 heteroatoms. The molecule has 3 N–H and O–H groups in total. The second-order valence-electron chi connectivity index (χ2n) is 6.29. The van der Waals surface area contributed by atoms with E-state index >= 15 is 0 Å². The molecule has 7 nitrogen and oxygen atoms in total. The monoisotopic (exact) mass is 422 g/mol. The summed E-state index contributed by atoms with van der Waals surface area (Å²) in [6.45, 7) is 0. The Labute approximate surface area is 179 Å². The van der Waals surface area contributed by atoms with Gasteiger partial charge in [-0.25, -0.2) is 9.97 Å². The van der Waals surface area contributed by atoms with E-state index in [0.717, 1.165) is 5.69 Å². The Balaban J connectivity index is 0.00000256. The highest BCUT2D eigenvalue weighted by molar-refractivity contribution is 6.04. The zero-order valence-electron chi connectivity index (χ0n) is 16.0. The third-order valence-electron chi connectivity index (χ3n) is 4.38. The van der Waals surface area contributed by atoms with Crippen LogP contribution in [0.3, 0.4) is 0 Å². The van der Waals surface area contributed by atoms with Crippen LogP contribution in [0.2, 0.25) is 0 Å². The fourth-order valence-corrected chi connectivity index (χ4v) is 2.90. The zero-order valence-corrected chi connectivity index (χ0v) is 16.8. The van der Waals surface area contributed by atoms with E-state index in [-0.39, 0.29) is 24.1 Å². The van der Waals surface area contributed by atoms with Crippen LogP contribution < -0.4 is 15.4 Å². The van der Waals surface area contributed by atoms with E-state index in [1.54, 1.807) is 36.4 Å². The summed E-state index contributed by atoms with van der Waals surface area (Å²) < 4.78 is 5.12. The van der Waals surface area contributed by atoms with Crippen LogP contribution in [0.5, 0.6) is 11.5 Å². The number of amides is 1. The van der Waals surface area contributed by atoms with Gasteiger partial charge in [-0.15, -0.1) is 12.4 Å². The number of aromatic hydroxyl groups is 1. The molecule has 0 bridgehead atoms. The molecule has 4 rings (SSSR count). The van der Waals surface area contributed by atoms with Gasteiger partial charge in [0.2, 0.25) is 0 Å². The number of ether oxygens (including phenoxy) is 1. The highest BCUT2D eigenvalue weighted by atomic mass is 35.5. The summed E-state index contributed by atoms with van der Waals surface area (Å²) in [5.41, 5.74) is 2.69. The molecule has 4 aromatic rings. The second-order valence-corrected chi connectivity index (χ2v) is 6.29. The van der Waals surface area contributed by atoms with E-state index in [9.17, 15) is 9.90 Å². The van der Waals surface area contributed by atoms with Gasteiger partial charge < -0.3 is 20.5 Å². The van der Waals surface area contributed by atoms with Crippen LogP contribution in [0.25, 0.3) is 10.9 Å². The van der Waals surface area contributed by atoms with Crippen LogP contribution in [0.1, 0.15) is 10.4 Å². The van der Waals surface area contributed by atoms with Crippen LogP contribution in [0.4, 0.5) is 17.2 Å². The van der Waals surface area contributed by atoms with Gasteiger partial charge in [-0.1, -0.05) is 18.2 Å². The molecule has 0 aliphatic rings. The van der Waals surface area contributed by atoms with E-state index in [2.05, 4.69) is 20.6 Å². The first-order valence-electron chi connectivity index (χ1n) is 8.89. The lowest BCUT2D eigenvalue weighted by atomic mass is 10.2. The molecule has 1 heterocycles. The number of rotatable bonds is 5. The summed E-state index contributed by atoms with van der Waals surface area (Å²) in [6, 6.07) is 19.5. The van der Waals surface area contributed by atoms with E-state index in [1.807, 2.05) is 30.3 Å². The number of phenolic OH excluding ortho intramolecular Hbond substituents is 1. The van der Waals surface area contributed by atoms with Crippen molar-refractivity contribution >= 4 is 46.4 Å². The molecule has 0 aliphatic heterocycles. The fraction of sp³-hybridized carbons (Fsp3) is 0.0455. The average molecular weight is 423 g/mol. The standard InChI is InChI=1S/C22H18N4O3.ClH/c1-29-20-12-18-17(11-19(20)27)21(24-13-23-18)25-15-7-9-16(10-8-15)26-22(28)14-5-3-2-4-6-14;/h2-13,27H,1H3,(H,26,28)(H,23,24,25);1H. The number of hydrogen-bond acceptors (Lipinski definition) is 6. The Kier molecular flexibility index (Phi) is 6.34. The molecule has 0 fully saturated rings. The summed E-state index contributed by atoms with van der Waals surface area (Å²) in [5, 5.41) is 16.8. The maximum atomic E-state index is 12.2. The van der Waals surface area contributed by atoms with Gasteiger partial charge in [0.1, 0.15) is 12.1 Å². The van der Waals surface area contributed by atoms with Crippen molar-refractivity contribution in [1.29, 1.82) is 0 Å². The van der Waals surface area contributed by atoms with Gasteiger partial charge in [-0.3, -0.25) is 4.79 Å². The molecule has 152 valence electrons. The van der Waals surface area contributed by atoms with Crippen LogP contribution in [0.15, 0.2) is 73.1 Å². The Hall–Kier alpha value is -3.84. The van der Waals surface area contributed by atoms with Gasteiger partial charge in [0.05, 0.1) is 12.6 Å². The van der Waals surface area contributed by atoms with Crippen LogP contribution >= 0.6 is 12.4 Å². The maximum Gasteiger partial charge on any atom is 0.255 e. The Morgan fingerprint density at radius 1 is 0.967 bits per heavy atom. The number of carbonyl (C=O) groups is 1. The molecule has 0 saturated heterocycles. The van der Waals surface area contributed by atoms with Crippen molar-refractivity contribution in [3.05, 3.63) is 78.6 Å². The molecule has 0 radical (unpaired) electrons. The molecule has 0 aliphatic carbocycles. The van der Waals surface area contributed by atoms with Crippen molar-refractivity contribution < 1.29 is 14.6 Å². The van der Waals surface area contributed by atoms with Gasteiger partial charge >= 0.3 is 0 Å². The maximum absolute atomic E-state index is 12.2. The van der Waals surface area contributed by atoms with E-state index in [4.69, 9.17) is 4.74 Å². The number of nitrogens with zero attached hydrogens (tertiary/aromatic N) is 2. The number of phenols is 1. The third-order valence-corrected chi connectivity index (χ3v) is 4.38. The van der Waals surface area contributed by atoms with Gasteiger partial charge in [-0.05, 0) is 42.5 Å². The normalized spacial score (nSPS) is 10.2. The fourth-order valence-electron chi connectivity index (χ4n) is 2.90. The number of methoxy groups -OCH3 is 1. The average Bonchev–Trinajstić information content (AvgIpc) is 2.75. The molecular formula is C22H19ClN4O3. The molecule has 3 aromatic carbocycles. The summed E-state index contributed by atoms with van der Waals surface area (Å²) in [6.07, 6.45) is 1.44. The van der Waals surface area contributed by atoms with Crippen molar-refractivity contribution in [1.82, 2.24) is 9.97 Å². The lowest BCUT2D eigenvalue weighted by Crippen LogP contribution is -2.11. The number of hydrogen-bond donors (Lipinski definition) is 3. The molecule has 0 atom stereocenters. The Morgan fingerprint density at radius 3 is 2.37 bits per heavy atom. The molecule has 0 saturated carbocycles. The molecular weight excluding hydrogens is 404 g/mol. The van der Waals surface area contributed by atoms with E-state index < -0.39 is 0 Å². The van der Waals surface area contributed by atoms with Gasteiger partial charge in [-0.2, -0.15) is 0 Å². The van der Waals surface area contributed by atoms with Crippen LogP contribution in [-0.4, -0.2) is 28.1 Å². The molecule has 1 aromatic heterocycles. The summed E-state index contributed by atoms with van der Waals surface area (Å²) >= 11 is 0. The number of benzene rings is 3. The molecule has 1 amide bonds. The quantitative estimate of drug-likeness (QED) is 0.429. The molecule has 30 heavy (non-hydrogen) atoms. The largest absolute Gasteiger partial charge is 0.504 e. The van der Waals surface area contributed by atoms with Gasteiger partial charge in [0.25, 0.3) is 5.91 Å². The smallest absolute Gasteiger partial charge is 0.255 e. The summed E-state index contributed by atoms with van der Waals surface area (Å²) in [5.74, 6) is 0.740. The predicted molar refractivity (Wildman–Crippen MR) is 119 cm³/mol. The minimum absolute atomic E-state index is 0. The van der Waals surface area contributed by atoms with Gasteiger partial charge in [0.15, 0.2) is 11.5 Å². The number of nitrogens with one attached hydrogen (secondary N) is 2. The lowest BCUT2D eigenvalue weighted by Gasteiger charge is -2.11. The van der Waals surface area contributed by atoms with Crippen molar-refractivity contribution in [3.8, 4) is 11.5 Å². The van der Waals surface area contributed by atoms with Crippen molar-refractivity contribution in [2.75, 3.05) is 17.7 Å². The topological polar surface area (TPSA) is 96.4 Å². The Morgan fingerprint density at radius 2 is 1.67 bits per heavy atom. The first kappa shape index (κ1) is 20.9. The SMILES string of the molecule is COc1cc2ncnc(Nc3ccc(NC(=O)c4ccccc4)cc3)c2cc1O.Cl. The van der Waals surface area contributed by atoms with Crippen molar-refractivity contribution in [2.24, 2.45) is 0 Å². The van der Waals surface area contributed by atoms with Crippen LogP contribution in [0, 0.1) is 0 Å². The summed E-state index contributed by atoms with van der Waals surface area (Å²) in [4.78, 5) is 20.7. The lowest BCUT2D eigenvalue weighted by molar-refractivity contribution is 0.102. The highest BCUT2D eigenvalue weighted by Gasteiger charge is 2.10. The van der Waals surface area contributed by atoms with Crippen molar-refractivity contribution in [3.63, 3.8) is 0 Å². The minimum atomic E-state index is -0.169. The van der Waals surface area contributed by atoms with Gasteiger partial charge in [0, 0.05) is 28.4 Å². The molecule has 0 unspecified atom stereocenters. The number of halogens is 1. The summed E-state index contributed by atoms with van der Waals surface area (Å²) in [7, 11) is 1.49. The van der Waals surface area contributed by atoms with Crippen LogP contribution in [-0.2, 0) is 0 Å². The third kappa shape index (κ3) is 4.42. The second kappa shape index (κ2) is 9.11. The first-order chi connectivity index (χ1) is 14.1.